The zero-order valence-corrected chi connectivity index (χ0v) is 10.1. The summed E-state index contributed by atoms with van der Waals surface area (Å²) in [6, 6.07) is 10.1. The Morgan fingerprint density at radius 3 is 2.47 bits per heavy atom. The second-order valence-electron chi connectivity index (χ2n) is 3.20. The minimum atomic E-state index is 0.170. The fraction of sp³-hybridized carbons (Fsp3) is 0.417. The number of benzene rings is 1. The van der Waals surface area contributed by atoms with Crippen LogP contribution >= 0.6 is 11.8 Å². The first kappa shape index (κ1) is 12.1. The molecule has 0 fully saturated rings. The number of carbonyl (C=O) groups excluding carboxylic acids is 1. The Kier molecular flexibility index (Phi) is 5.26. The fourth-order valence-electron chi connectivity index (χ4n) is 1.32. The highest BCUT2D eigenvalue weighted by molar-refractivity contribution is 8.13. The Labute approximate surface area is 95.7 Å². The molecule has 0 atom stereocenters. The molecule has 0 heterocycles. The van der Waals surface area contributed by atoms with Gasteiger partial charge in [-0.25, -0.2) is 0 Å². The van der Waals surface area contributed by atoms with E-state index in [-0.39, 0.29) is 5.24 Å². The molecule has 0 saturated carbocycles. The van der Waals surface area contributed by atoms with Gasteiger partial charge in [0.25, 0.3) is 5.24 Å². The molecule has 0 unspecified atom stereocenters. The lowest BCUT2D eigenvalue weighted by Crippen LogP contribution is -2.26. The van der Waals surface area contributed by atoms with Crippen molar-refractivity contribution in [1.82, 2.24) is 4.90 Å². The van der Waals surface area contributed by atoms with Crippen LogP contribution in [0.2, 0.25) is 0 Å². The molecule has 0 N–H and O–H groups in total. The topological polar surface area (TPSA) is 20.3 Å². The van der Waals surface area contributed by atoms with Crippen LogP contribution in [-0.2, 0) is 6.54 Å². The molecule has 1 aromatic carbocycles. The molecule has 0 aliphatic carbocycles. The normalized spacial score (nSPS) is 10.0. The number of hydrogen-bond acceptors (Lipinski definition) is 2. The van der Waals surface area contributed by atoms with Crippen molar-refractivity contribution >= 4 is 17.0 Å². The summed E-state index contributed by atoms with van der Waals surface area (Å²) in [6.07, 6.45) is 0. The van der Waals surface area contributed by atoms with E-state index >= 15 is 0 Å². The van der Waals surface area contributed by atoms with Crippen LogP contribution in [0.15, 0.2) is 30.3 Å². The molecule has 0 radical (unpaired) electrons. The fourth-order valence-corrected chi connectivity index (χ4v) is 1.95. The van der Waals surface area contributed by atoms with Crippen LogP contribution in [0.5, 0.6) is 0 Å². The molecule has 1 amide bonds. The van der Waals surface area contributed by atoms with Gasteiger partial charge in [-0.1, -0.05) is 49.0 Å². The zero-order valence-electron chi connectivity index (χ0n) is 9.27. The van der Waals surface area contributed by atoms with Crippen molar-refractivity contribution < 1.29 is 4.79 Å². The first-order valence-corrected chi connectivity index (χ1v) is 6.22. The third-order valence-electron chi connectivity index (χ3n) is 2.12. The quantitative estimate of drug-likeness (QED) is 0.780. The monoisotopic (exact) mass is 223 g/mol. The van der Waals surface area contributed by atoms with E-state index in [0.29, 0.717) is 6.54 Å². The highest BCUT2D eigenvalue weighted by Crippen LogP contribution is 2.12. The van der Waals surface area contributed by atoms with E-state index in [4.69, 9.17) is 0 Å². The van der Waals surface area contributed by atoms with Gasteiger partial charge in [0.2, 0.25) is 0 Å². The predicted molar refractivity (Wildman–Crippen MR) is 66.1 cm³/mol. The predicted octanol–water partition coefficient (Wildman–Crippen LogP) is 3.38. The third kappa shape index (κ3) is 3.96. The minimum absolute atomic E-state index is 0.170. The number of amides is 1. The minimum Gasteiger partial charge on any atom is -0.330 e. The Morgan fingerprint density at radius 1 is 1.27 bits per heavy atom. The van der Waals surface area contributed by atoms with Crippen LogP contribution in [-0.4, -0.2) is 22.4 Å². The third-order valence-corrected chi connectivity index (χ3v) is 2.92. The summed E-state index contributed by atoms with van der Waals surface area (Å²) < 4.78 is 0. The Balaban J connectivity index is 2.58. The summed E-state index contributed by atoms with van der Waals surface area (Å²) >= 11 is 1.37. The molecule has 0 aliphatic heterocycles. The summed E-state index contributed by atoms with van der Waals surface area (Å²) in [5.74, 6) is 0.837. The maximum Gasteiger partial charge on any atom is 0.281 e. The molecule has 1 aromatic rings. The van der Waals surface area contributed by atoms with Crippen LogP contribution < -0.4 is 0 Å². The molecule has 3 heteroatoms. The molecule has 0 saturated heterocycles. The summed E-state index contributed by atoms with van der Waals surface area (Å²) in [5, 5.41) is 0.170. The Hall–Kier alpha value is -0.960. The average molecular weight is 223 g/mol. The maximum absolute atomic E-state index is 11.7. The highest BCUT2D eigenvalue weighted by Gasteiger charge is 2.10. The van der Waals surface area contributed by atoms with Gasteiger partial charge in [0, 0.05) is 13.1 Å². The van der Waals surface area contributed by atoms with Crippen molar-refractivity contribution in [3.05, 3.63) is 35.9 Å². The van der Waals surface area contributed by atoms with E-state index in [1.807, 2.05) is 49.1 Å². The number of thioether (sulfide) groups is 1. The van der Waals surface area contributed by atoms with Gasteiger partial charge in [-0.05, 0) is 18.2 Å². The van der Waals surface area contributed by atoms with Crippen LogP contribution in [0.25, 0.3) is 0 Å². The van der Waals surface area contributed by atoms with Crippen molar-refractivity contribution in [2.75, 3.05) is 12.3 Å². The largest absolute Gasteiger partial charge is 0.330 e. The average Bonchev–Trinajstić information content (AvgIpc) is 2.27. The van der Waals surface area contributed by atoms with Crippen molar-refractivity contribution in [3.63, 3.8) is 0 Å². The summed E-state index contributed by atoms with van der Waals surface area (Å²) in [4.78, 5) is 13.5. The SMILES string of the molecule is CCSC(=O)N(CC)Cc1ccccc1. The van der Waals surface area contributed by atoms with Crippen molar-refractivity contribution in [3.8, 4) is 0 Å². The van der Waals surface area contributed by atoms with Crippen LogP contribution in [0.3, 0.4) is 0 Å². The van der Waals surface area contributed by atoms with E-state index in [0.717, 1.165) is 12.3 Å². The first-order chi connectivity index (χ1) is 7.27. The molecule has 0 aromatic heterocycles. The molecular weight excluding hydrogens is 206 g/mol. The van der Waals surface area contributed by atoms with Gasteiger partial charge in [-0.15, -0.1) is 0 Å². The second kappa shape index (κ2) is 6.51. The van der Waals surface area contributed by atoms with Crippen molar-refractivity contribution in [2.24, 2.45) is 0 Å². The lowest BCUT2D eigenvalue weighted by molar-refractivity contribution is 0.223. The number of nitrogens with zero attached hydrogens (tertiary/aromatic N) is 1. The van der Waals surface area contributed by atoms with Crippen LogP contribution in [0, 0.1) is 0 Å². The summed E-state index contributed by atoms with van der Waals surface area (Å²) in [5.41, 5.74) is 1.18. The van der Waals surface area contributed by atoms with Crippen molar-refractivity contribution in [2.45, 2.75) is 20.4 Å². The molecule has 0 aliphatic rings. The molecular formula is C12H17NOS. The van der Waals surface area contributed by atoms with Gasteiger partial charge < -0.3 is 4.90 Å². The zero-order chi connectivity index (χ0) is 11.1. The van der Waals surface area contributed by atoms with E-state index in [9.17, 15) is 4.79 Å². The van der Waals surface area contributed by atoms with Gasteiger partial charge in [0.1, 0.15) is 0 Å². The van der Waals surface area contributed by atoms with Gasteiger partial charge in [0.15, 0.2) is 0 Å². The lowest BCUT2D eigenvalue weighted by Gasteiger charge is -2.19. The van der Waals surface area contributed by atoms with E-state index < -0.39 is 0 Å². The van der Waals surface area contributed by atoms with Gasteiger partial charge in [-0.3, -0.25) is 4.79 Å². The molecule has 2 nitrogen and oxygen atoms in total. The molecule has 0 bridgehead atoms. The standard InChI is InChI=1S/C12H17NOS/c1-3-13(12(14)15-4-2)10-11-8-6-5-7-9-11/h5-9H,3-4,10H2,1-2H3. The number of rotatable bonds is 4. The number of hydrogen-bond donors (Lipinski definition) is 0. The Bertz CT molecular complexity index is 300. The first-order valence-electron chi connectivity index (χ1n) is 5.23. The molecule has 15 heavy (non-hydrogen) atoms. The van der Waals surface area contributed by atoms with Gasteiger partial charge >= 0.3 is 0 Å². The van der Waals surface area contributed by atoms with E-state index in [1.165, 1.54) is 17.3 Å². The summed E-state index contributed by atoms with van der Waals surface area (Å²) in [6.45, 7) is 5.49. The molecule has 0 spiro atoms. The Morgan fingerprint density at radius 2 is 1.93 bits per heavy atom. The van der Waals surface area contributed by atoms with E-state index in [2.05, 4.69) is 0 Å². The maximum atomic E-state index is 11.7. The van der Waals surface area contributed by atoms with Gasteiger partial charge in [-0.2, -0.15) is 0 Å². The van der Waals surface area contributed by atoms with Gasteiger partial charge in [0.05, 0.1) is 0 Å². The smallest absolute Gasteiger partial charge is 0.281 e. The molecule has 82 valence electrons. The van der Waals surface area contributed by atoms with Crippen LogP contribution in [0.4, 0.5) is 4.79 Å². The van der Waals surface area contributed by atoms with Crippen molar-refractivity contribution in [1.29, 1.82) is 0 Å². The lowest BCUT2D eigenvalue weighted by atomic mass is 10.2. The summed E-state index contributed by atoms with van der Waals surface area (Å²) in [7, 11) is 0. The second-order valence-corrected chi connectivity index (χ2v) is 4.41. The number of carbonyl (C=O) groups is 1. The highest BCUT2D eigenvalue weighted by atomic mass is 32.2. The molecule has 1 rings (SSSR count). The van der Waals surface area contributed by atoms with E-state index in [1.54, 1.807) is 0 Å². The van der Waals surface area contributed by atoms with Crippen LogP contribution in [0.1, 0.15) is 19.4 Å².